The van der Waals surface area contributed by atoms with Gasteiger partial charge in [-0.05, 0) is 42.7 Å². The maximum absolute atomic E-state index is 11.1. The predicted octanol–water partition coefficient (Wildman–Crippen LogP) is 4.22. The molecule has 1 spiro atoms. The zero-order valence-electron chi connectivity index (χ0n) is 18.3. The number of carboxylic acid groups (broad SMARTS) is 1. The van der Waals surface area contributed by atoms with Crippen LogP contribution in [0.2, 0.25) is 0 Å². The molecule has 166 valence electrons. The Balaban J connectivity index is 1.15. The third-order valence-electron chi connectivity index (χ3n) is 7.17. The van der Waals surface area contributed by atoms with Gasteiger partial charge in [-0.3, -0.25) is 14.2 Å². The van der Waals surface area contributed by atoms with Crippen molar-refractivity contribution in [2.75, 3.05) is 0 Å². The number of rotatable bonds is 5. The molecule has 33 heavy (non-hydrogen) atoms. The summed E-state index contributed by atoms with van der Waals surface area (Å²) in [5.74, 6) is -0.131. The third-order valence-corrected chi connectivity index (χ3v) is 7.17. The molecule has 0 radical (unpaired) electrons. The quantitative estimate of drug-likeness (QED) is 0.499. The highest BCUT2D eigenvalue weighted by molar-refractivity contribution is 5.72. The van der Waals surface area contributed by atoms with E-state index in [1.165, 1.54) is 0 Å². The van der Waals surface area contributed by atoms with E-state index >= 15 is 0 Å². The molecule has 0 unspecified atom stereocenters. The largest absolute Gasteiger partial charge is 0.481 e. The monoisotopic (exact) mass is 440 g/mol. The molecular formula is C25H24N6O2. The normalized spacial score (nSPS) is 23.8. The Labute approximate surface area is 190 Å². The number of benzene rings is 1. The summed E-state index contributed by atoms with van der Waals surface area (Å²) < 4.78 is 3.80. The number of aromatic nitrogens is 6. The van der Waals surface area contributed by atoms with Crippen LogP contribution in [0.3, 0.4) is 0 Å². The molecule has 1 aromatic carbocycles. The van der Waals surface area contributed by atoms with Gasteiger partial charge in [0.1, 0.15) is 0 Å². The van der Waals surface area contributed by atoms with Crippen molar-refractivity contribution < 1.29 is 9.90 Å². The molecule has 3 heterocycles. The number of nitrogens with zero attached hydrogens (tertiary/aromatic N) is 6. The molecule has 0 saturated heterocycles. The topological polar surface area (TPSA) is 98.7 Å². The van der Waals surface area contributed by atoms with Gasteiger partial charge >= 0.3 is 5.97 Å². The summed E-state index contributed by atoms with van der Waals surface area (Å²) in [4.78, 5) is 20.3. The van der Waals surface area contributed by atoms with Gasteiger partial charge in [0.05, 0.1) is 24.4 Å². The SMILES string of the molecule is Cn1cc(-c2cccc(-c3ncc(-c4cnn(C5CC6(CC(C(=O)O)C6)C5)c4)cn3)c2)cn1. The first kappa shape index (κ1) is 19.8. The number of carbonyl (C=O) groups is 1. The molecule has 2 saturated carbocycles. The summed E-state index contributed by atoms with van der Waals surface area (Å²) in [6.45, 7) is 0. The molecule has 2 fully saturated rings. The van der Waals surface area contributed by atoms with E-state index in [1.807, 2.05) is 61.0 Å². The highest BCUT2D eigenvalue weighted by Crippen LogP contribution is 2.62. The Morgan fingerprint density at radius 2 is 1.61 bits per heavy atom. The van der Waals surface area contributed by atoms with Crippen molar-refractivity contribution in [1.82, 2.24) is 29.5 Å². The van der Waals surface area contributed by atoms with Crippen LogP contribution in [0.1, 0.15) is 31.7 Å². The fraction of sp³-hybridized carbons (Fsp3) is 0.320. The van der Waals surface area contributed by atoms with E-state index in [1.54, 1.807) is 4.68 Å². The highest BCUT2D eigenvalue weighted by atomic mass is 16.4. The van der Waals surface area contributed by atoms with Gasteiger partial charge in [0, 0.05) is 54.1 Å². The van der Waals surface area contributed by atoms with E-state index in [4.69, 9.17) is 5.11 Å². The van der Waals surface area contributed by atoms with Crippen LogP contribution in [0.5, 0.6) is 0 Å². The van der Waals surface area contributed by atoms with E-state index < -0.39 is 5.97 Å². The molecule has 0 bridgehead atoms. The molecule has 8 nitrogen and oxygen atoms in total. The molecule has 2 aliphatic carbocycles. The zero-order valence-corrected chi connectivity index (χ0v) is 18.3. The Morgan fingerprint density at radius 3 is 2.30 bits per heavy atom. The van der Waals surface area contributed by atoms with E-state index in [0.717, 1.165) is 53.5 Å². The first-order valence-corrected chi connectivity index (χ1v) is 11.2. The van der Waals surface area contributed by atoms with Crippen LogP contribution in [0.4, 0.5) is 0 Å². The molecule has 1 N–H and O–H groups in total. The van der Waals surface area contributed by atoms with Crippen molar-refractivity contribution in [2.45, 2.75) is 31.7 Å². The lowest BCUT2D eigenvalue weighted by molar-refractivity contribution is -0.157. The highest BCUT2D eigenvalue weighted by Gasteiger charge is 2.55. The lowest BCUT2D eigenvalue weighted by atomic mass is 9.50. The van der Waals surface area contributed by atoms with E-state index in [-0.39, 0.29) is 11.3 Å². The third kappa shape index (κ3) is 3.51. The second-order valence-electron chi connectivity index (χ2n) is 9.49. The minimum absolute atomic E-state index is 0.153. The molecule has 4 aromatic rings. The fourth-order valence-electron chi connectivity index (χ4n) is 5.34. The Bertz CT molecular complexity index is 1320. The Kier molecular flexibility index (Phi) is 4.43. The Hall–Kier alpha value is -3.81. The first-order chi connectivity index (χ1) is 16.0. The number of hydrogen-bond donors (Lipinski definition) is 1. The summed E-state index contributed by atoms with van der Waals surface area (Å²) >= 11 is 0. The minimum Gasteiger partial charge on any atom is -0.481 e. The van der Waals surface area contributed by atoms with E-state index in [0.29, 0.717) is 11.9 Å². The van der Waals surface area contributed by atoms with Crippen LogP contribution < -0.4 is 0 Å². The van der Waals surface area contributed by atoms with Crippen molar-refractivity contribution in [3.63, 3.8) is 0 Å². The van der Waals surface area contributed by atoms with Gasteiger partial charge < -0.3 is 5.11 Å². The van der Waals surface area contributed by atoms with Gasteiger partial charge in [-0.15, -0.1) is 0 Å². The van der Waals surface area contributed by atoms with Crippen LogP contribution in [-0.2, 0) is 11.8 Å². The van der Waals surface area contributed by atoms with Crippen molar-refractivity contribution in [3.05, 3.63) is 61.4 Å². The van der Waals surface area contributed by atoms with Crippen molar-refractivity contribution in [3.8, 4) is 33.6 Å². The molecule has 6 rings (SSSR count). The molecule has 0 amide bonds. The van der Waals surface area contributed by atoms with Gasteiger partial charge in [-0.2, -0.15) is 10.2 Å². The van der Waals surface area contributed by atoms with Gasteiger partial charge in [-0.25, -0.2) is 9.97 Å². The summed E-state index contributed by atoms with van der Waals surface area (Å²) in [7, 11) is 1.91. The lowest BCUT2D eigenvalue weighted by Crippen LogP contribution is -2.50. The number of aryl methyl sites for hydroxylation is 1. The van der Waals surface area contributed by atoms with Crippen LogP contribution in [0, 0.1) is 11.3 Å². The zero-order chi connectivity index (χ0) is 22.6. The van der Waals surface area contributed by atoms with Crippen molar-refractivity contribution in [2.24, 2.45) is 18.4 Å². The lowest BCUT2D eigenvalue weighted by Gasteiger charge is -2.56. The van der Waals surface area contributed by atoms with Gasteiger partial charge in [0.2, 0.25) is 0 Å². The summed E-state index contributed by atoms with van der Waals surface area (Å²) in [5.41, 5.74) is 5.24. The van der Waals surface area contributed by atoms with Crippen molar-refractivity contribution >= 4 is 5.97 Å². The summed E-state index contributed by atoms with van der Waals surface area (Å²) in [5, 5.41) is 17.9. The minimum atomic E-state index is -0.655. The maximum Gasteiger partial charge on any atom is 0.306 e. The number of aliphatic carboxylic acids is 1. The standard InChI is InChI=1S/C25H24N6O2/c1-30-14-20(12-28-30)16-3-2-4-17(5-16)23-26-10-19(11-27-23)21-13-29-31(15-21)22-8-25(9-22)6-18(7-25)24(32)33/h2-5,10-15,18,22H,6-9H2,1H3,(H,32,33). The van der Waals surface area contributed by atoms with Crippen LogP contribution >= 0.6 is 0 Å². The average Bonchev–Trinajstić information content (AvgIpc) is 3.41. The maximum atomic E-state index is 11.1. The molecule has 3 aromatic heterocycles. The fourth-order valence-corrected chi connectivity index (χ4v) is 5.34. The summed E-state index contributed by atoms with van der Waals surface area (Å²) in [6, 6.07) is 8.49. The first-order valence-electron chi connectivity index (χ1n) is 11.2. The second kappa shape index (κ2) is 7.37. The van der Waals surface area contributed by atoms with E-state index in [2.05, 4.69) is 32.3 Å². The van der Waals surface area contributed by atoms with Gasteiger partial charge in [-0.1, -0.05) is 18.2 Å². The van der Waals surface area contributed by atoms with Crippen LogP contribution in [0.25, 0.3) is 33.6 Å². The van der Waals surface area contributed by atoms with Gasteiger partial charge in [0.15, 0.2) is 5.82 Å². The molecular weight excluding hydrogens is 416 g/mol. The smallest absolute Gasteiger partial charge is 0.306 e. The molecule has 0 atom stereocenters. The van der Waals surface area contributed by atoms with E-state index in [9.17, 15) is 4.79 Å². The second-order valence-corrected chi connectivity index (χ2v) is 9.49. The summed E-state index contributed by atoms with van der Waals surface area (Å²) in [6.07, 6.45) is 15.1. The van der Waals surface area contributed by atoms with Gasteiger partial charge in [0.25, 0.3) is 0 Å². The van der Waals surface area contributed by atoms with Crippen LogP contribution in [0.15, 0.2) is 61.4 Å². The Morgan fingerprint density at radius 1 is 0.909 bits per heavy atom. The van der Waals surface area contributed by atoms with Crippen molar-refractivity contribution in [1.29, 1.82) is 0 Å². The number of hydrogen-bond acceptors (Lipinski definition) is 5. The predicted molar refractivity (Wildman–Crippen MR) is 122 cm³/mol. The van der Waals surface area contributed by atoms with Crippen LogP contribution in [-0.4, -0.2) is 40.6 Å². The molecule has 0 aliphatic heterocycles. The average molecular weight is 441 g/mol. The molecule has 8 heteroatoms. The molecule has 2 aliphatic rings. The number of carboxylic acids is 1.